The van der Waals surface area contributed by atoms with E-state index in [-0.39, 0.29) is 5.76 Å². The molecule has 0 aliphatic rings. The van der Waals surface area contributed by atoms with E-state index in [4.69, 9.17) is 14.2 Å². The number of carbonyl (C=O) groups excluding carboxylic acids is 1. The fourth-order valence-electron chi connectivity index (χ4n) is 2.08. The van der Waals surface area contributed by atoms with Crippen molar-refractivity contribution in [2.75, 3.05) is 14.2 Å². The van der Waals surface area contributed by atoms with Gasteiger partial charge < -0.3 is 14.2 Å². The standard InChI is InChI=1S/C19H20O4/c1-13-5-8-15(9-6-13)16-10-7-14(2)17(11-16)23-18(12-21-3)19(20)22-4/h5-12H,1-4H3. The van der Waals surface area contributed by atoms with Crippen molar-refractivity contribution >= 4 is 5.97 Å². The molecule has 0 amide bonds. The van der Waals surface area contributed by atoms with Crippen LogP contribution in [0.4, 0.5) is 0 Å². The zero-order valence-electron chi connectivity index (χ0n) is 13.8. The molecular weight excluding hydrogens is 292 g/mol. The minimum atomic E-state index is -0.591. The molecule has 0 saturated heterocycles. The second-order valence-corrected chi connectivity index (χ2v) is 5.16. The Morgan fingerprint density at radius 3 is 2.22 bits per heavy atom. The van der Waals surface area contributed by atoms with E-state index < -0.39 is 5.97 Å². The Hall–Kier alpha value is -2.75. The maximum atomic E-state index is 11.7. The predicted molar refractivity (Wildman–Crippen MR) is 89.1 cm³/mol. The molecular formula is C19H20O4. The Balaban J connectivity index is 2.35. The molecule has 23 heavy (non-hydrogen) atoms. The SMILES string of the molecule is COC=C(Oc1cc(-c2ccc(C)cc2)ccc1C)C(=O)OC. The van der Waals surface area contributed by atoms with E-state index in [9.17, 15) is 4.79 Å². The smallest absolute Gasteiger partial charge is 0.377 e. The van der Waals surface area contributed by atoms with Crippen molar-refractivity contribution in [2.45, 2.75) is 13.8 Å². The summed E-state index contributed by atoms with van der Waals surface area (Å²) in [4.78, 5) is 11.7. The number of rotatable bonds is 5. The number of hydrogen-bond acceptors (Lipinski definition) is 4. The van der Waals surface area contributed by atoms with Crippen molar-refractivity contribution in [2.24, 2.45) is 0 Å². The van der Waals surface area contributed by atoms with Crippen LogP contribution in [0.3, 0.4) is 0 Å². The zero-order valence-corrected chi connectivity index (χ0v) is 13.8. The number of esters is 1. The maximum Gasteiger partial charge on any atom is 0.377 e. The third-order valence-corrected chi connectivity index (χ3v) is 3.40. The second kappa shape index (κ2) is 7.49. The van der Waals surface area contributed by atoms with Gasteiger partial charge in [0.2, 0.25) is 5.76 Å². The zero-order chi connectivity index (χ0) is 16.8. The third kappa shape index (κ3) is 4.13. The van der Waals surface area contributed by atoms with E-state index >= 15 is 0 Å². The highest BCUT2D eigenvalue weighted by molar-refractivity contribution is 5.86. The van der Waals surface area contributed by atoms with Crippen LogP contribution in [0, 0.1) is 13.8 Å². The minimum Gasteiger partial charge on any atom is -0.500 e. The lowest BCUT2D eigenvalue weighted by Crippen LogP contribution is -2.11. The molecule has 0 bridgehead atoms. The molecule has 0 N–H and O–H groups in total. The number of benzene rings is 2. The van der Waals surface area contributed by atoms with Crippen LogP contribution in [-0.4, -0.2) is 20.2 Å². The normalized spacial score (nSPS) is 11.0. The lowest BCUT2D eigenvalue weighted by molar-refractivity contribution is -0.138. The molecule has 0 aliphatic heterocycles. The van der Waals surface area contributed by atoms with Crippen LogP contribution >= 0.6 is 0 Å². The Morgan fingerprint density at radius 1 is 0.957 bits per heavy atom. The highest BCUT2D eigenvalue weighted by atomic mass is 16.6. The van der Waals surface area contributed by atoms with Gasteiger partial charge in [-0.2, -0.15) is 0 Å². The predicted octanol–water partition coefficient (Wildman–Crippen LogP) is 4.01. The fraction of sp³-hybridized carbons (Fsp3) is 0.211. The van der Waals surface area contributed by atoms with E-state index in [1.54, 1.807) is 0 Å². The van der Waals surface area contributed by atoms with E-state index in [0.29, 0.717) is 5.75 Å². The van der Waals surface area contributed by atoms with Gasteiger partial charge in [-0.1, -0.05) is 42.0 Å². The van der Waals surface area contributed by atoms with E-state index in [1.807, 2.05) is 32.0 Å². The van der Waals surface area contributed by atoms with Gasteiger partial charge in [0.1, 0.15) is 12.0 Å². The molecule has 2 aromatic carbocycles. The summed E-state index contributed by atoms with van der Waals surface area (Å²) in [6.07, 6.45) is 1.23. The number of carbonyl (C=O) groups is 1. The van der Waals surface area contributed by atoms with Crippen molar-refractivity contribution in [3.8, 4) is 16.9 Å². The Labute approximate surface area is 136 Å². The molecule has 4 heteroatoms. The summed E-state index contributed by atoms with van der Waals surface area (Å²) in [6, 6.07) is 14.1. The quantitative estimate of drug-likeness (QED) is 0.475. The number of hydrogen-bond donors (Lipinski definition) is 0. The first-order valence-corrected chi connectivity index (χ1v) is 7.22. The van der Waals surface area contributed by atoms with E-state index in [2.05, 4.69) is 24.3 Å². The number of aryl methyl sites for hydroxylation is 2. The highest BCUT2D eigenvalue weighted by Crippen LogP contribution is 2.28. The molecule has 0 heterocycles. The summed E-state index contributed by atoms with van der Waals surface area (Å²) in [5, 5.41) is 0. The van der Waals surface area contributed by atoms with Crippen molar-refractivity contribution in [1.29, 1.82) is 0 Å². The molecule has 0 radical (unpaired) electrons. The van der Waals surface area contributed by atoms with Crippen LogP contribution in [0.15, 0.2) is 54.5 Å². The van der Waals surface area contributed by atoms with Crippen LogP contribution in [0.1, 0.15) is 11.1 Å². The Morgan fingerprint density at radius 2 is 1.61 bits per heavy atom. The molecule has 0 aliphatic carbocycles. The molecule has 4 nitrogen and oxygen atoms in total. The first kappa shape index (κ1) is 16.6. The average molecular weight is 312 g/mol. The molecule has 0 aromatic heterocycles. The summed E-state index contributed by atoms with van der Waals surface area (Å²) < 4.78 is 15.3. The summed E-state index contributed by atoms with van der Waals surface area (Å²) in [5.74, 6) is -0.0112. The largest absolute Gasteiger partial charge is 0.500 e. The second-order valence-electron chi connectivity index (χ2n) is 5.16. The van der Waals surface area contributed by atoms with Gasteiger partial charge in [0.15, 0.2) is 0 Å². The third-order valence-electron chi connectivity index (χ3n) is 3.40. The van der Waals surface area contributed by atoms with Crippen LogP contribution in [0.25, 0.3) is 11.1 Å². The van der Waals surface area contributed by atoms with Crippen LogP contribution < -0.4 is 4.74 Å². The highest BCUT2D eigenvalue weighted by Gasteiger charge is 2.15. The first-order chi connectivity index (χ1) is 11.0. The number of methoxy groups -OCH3 is 2. The average Bonchev–Trinajstić information content (AvgIpc) is 2.56. The van der Waals surface area contributed by atoms with Crippen molar-refractivity contribution < 1.29 is 19.0 Å². The van der Waals surface area contributed by atoms with Gasteiger partial charge in [0.05, 0.1) is 14.2 Å². The van der Waals surface area contributed by atoms with Crippen LogP contribution in [0.2, 0.25) is 0 Å². The van der Waals surface area contributed by atoms with Crippen LogP contribution in [0.5, 0.6) is 5.75 Å². The molecule has 2 rings (SSSR count). The molecule has 120 valence electrons. The minimum absolute atomic E-state index is 0.000781. The fourth-order valence-corrected chi connectivity index (χ4v) is 2.08. The molecule has 0 saturated carbocycles. The summed E-state index contributed by atoms with van der Waals surface area (Å²) >= 11 is 0. The lowest BCUT2D eigenvalue weighted by atomic mass is 10.0. The summed E-state index contributed by atoms with van der Waals surface area (Å²) in [7, 11) is 2.74. The maximum absolute atomic E-state index is 11.7. The van der Waals surface area contributed by atoms with Gasteiger partial charge in [-0.05, 0) is 36.6 Å². The Bertz CT molecular complexity index is 715. The molecule has 0 atom stereocenters. The molecule has 0 fully saturated rings. The van der Waals surface area contributed by atoms with E-state index in [1.165, 1.54) is 26.0 Å². The topological polar surface area (TPSA) is 44.8 Å². The lowest BCUT2D eigenvalue weighted by Gasteiger charge is -2.12. The van der Waals surface area contributed by atoms with Crippen molar-refractivity contribution in [1.82, 2.24) is 0 Å². The van der Waals surface area contributed by atoms with Crippen molar-refractivity contribution in [3.05, 3.63) is 65.6 Å². The summed E-state index contributed by atoms with van der Waals surface area (Å²) in [6.45, 7) is 3.96. The monoisotopic (exact) mass is 312 g/mol. The van der Waals surface area contributed by atoms with Gasteiger partial charge in [-0.3, -0.25) is 0 Å². The Kier molecular flexibility index (Phi) is 5.41. The van der Waals surface area contributed by atoms with Gasteiger partial charge in [0, 0.05) is 0 Å². The van der Waals surface area contributed by atoms with E-state index in [0.717, 1.165) is 16.7 Å². The summed E-state index contributed by atoms with van der Waals surface area (Å²) in [5.41, 5.74) is 4.20. The van der Waals surface area contributed by atoms with Crippen LogP contribution in [-0.2, 0) is 14.3 Å². The molecule has 0 unspecified atom stereocenters. The van der Waals surface area contributed by atoms with Gasteiger partial charge >= 0.3 is 5.97 Å². The molecule has 2 aromatic rings. The van der Waals surface area contributed by atoms with Gasteiger partial charge in [-0.15, -0.1) is 0 Å². The number of ether oxygens (including phenoxy) is 3. The first-order valence-electron chi connectivity index (χ1n) is 7.22. The molecule has 0 spiro atoms. The van der Waals surface area contributed by atoms with Gasteiger partial charge in [-0.25, -0.2) is 4.79 Å². The van der Waals surface area contributed by atoms with Crippen molar-refractivity contribution in [3.63, 3.8) is 0 Å². The van der Waals surface area contributed by atoms with Gasteiger partial charge in [0.25, 0.3) is 0 Å².